The van der Waals surface area contributed by atoms with Crippen molar-refractivity contribution in [3.63, 3.8) is 0 Å². The highest BCUT2D eigenvalue weighted by Crippen LogP contribution is 2.36. The van der Waals surface area contributed by atoms with E-state index in [2.05, 4.69) is 21.7 Å². The molecular formula is C30H25ClN4O3S. The average molecular weight is 557 g/mol. The molecule has 9 heteroatoms. The van der Waals surface area contributed by atoms with Crippen LogP contribution < -0.4 is 15.4 Å². The van der Waals surface area contributed by atoms with Gasteiger partial charge in [0.1, 0.15) is 16.8 Å². The Hall–Kier alpha value is -4.32. The van der Waals surface area contributed by atoms with E-state index in [0.29, 0.717) is 44.0 Å². The zero-order chi connectivity index (χ0) is 27.9. The summed E-state index contributed by atoms with van der Waals surface area (Å²) in [5, 5.41) is 16.8. The molecule has 4 aromatic rings. The lowest BCUT2D eigenvalue weighted by atomic mass is 9.94. The number of aromatic nitrogens is 1. The van der Waals surface area contributed by atoms with E-state index in [0.717, 1.165) is 17.3 Å². The summed E-state index contributed by atoms with van der Waals surface area (Å²) < 4.78 is 5.28. The maximum absolute atomic E-state index is 13.5. The van der Waals surface area contributed by atoms with Gasteiger partial charge in [-0.1, -0.05) is 59.8 Å². The Kier molecular flexibility index (Phi) is 8.87. The van der Waals surface area contributed by atoms with Gasteiger partial charge in [-0.3, -0.25) is 9.59 Å². The van der Waals surface area contributed by atoms with Crippen molar-refractivity contribution in [3.05, 3.63) is 100 Å². The first-order valence-corrected chi connectivity index (χ1v) is 13.3. The fourth-order valence-corrected chi connectivity index (χ4v) is 4.94. The van der Waals surface area contributed by atoms with Crippen molar-refractivity contribution in [1.82, 2.24) is 4.98 Å². The van der Waals surface area contributed by atoms with Crippen LogP contribution in [0, 0.1) is 25.2 Å². The van der Waals surface area contributed by atoms with Crippen molar-refractivity contribution in [3.8, 4) is 22.9 Å². The largest absolute Gasteiger partial charge is 0.497 e. The number of nitriles is 1. The topological polar surface area (TPSA) is 104 Å². The normalized spacial score (nSPS) is 10.4. The summed E-state index contributed by atoms with van der Waals surface area (Å²) in [7, 11) is 1.56. The molecule has 0 unspecified atom stereocenters. The van der Waals surface area contributed by atoms with Crippen LogP contribution in [0.5, 0.6) is 5.75 Å². The van der Waals surface area contributed by atoms with E-state index >= 15 is 0 Å². The van der Waals surface area contributed by atoms with Crippen molar-refractivity contribution in [2.24, 2.45) is 0 Å². The van der Waals surface area contributed by atoms with Gasteiger partial charge in [0.15, 0.2) is 0 Å². The molecule has 0 saturated heterocycles. The maximum Gasteiger partial charge on any atom is 0.258 e. The van der Waals surface area contributed by atoms with Gasteiger partial charge in [-0.05, 0) is 61.4 Å². The van der Waals surface area contributed by atoms with Gasteiger partial charge >= 0.3 is 0 Å². The maximum atomic E-state index is 13.5. The number of halogens is 1. The number of rotatable bonds is 8. The Bertz CT molecular complexity index is 1570. The highest BCUT2D eigenvalue weighted by molar-refractivity contribution is 8.00. The molecule has 2 amide bonds. The van der Waals surface area contributed by atoms with Gasteiger partial charge in [-0.25, -0.2) is 4.98 Å². The lowest BCUT2D eigenvalue weighted by Crippen LogP contribution is -2.18. The summed E-state index contributed by atoms with van der Waals surface area (Å²) in [6.45, 7) is 3.60. The van der Waals surface area contributed by atoms with Gasteiger partial charge in [0.25, 0.3) is 5.91 Å². The highest BCUT2D eigenvalue weighted by atomic mass is 35.5. The number of thioether (sulfide) groups is 1. The summed E-state index contributed by atoms with van der Waals surface area (Å²) in [6, 6.07) is 23.7. The van der Waals surface area contributed by atoms with Crippen LogP contribution in [-0.2, 0) is 4.79 Å². The van der Waals surface area contributed by atoms with E-state index in [-0.39, 0.29) is 28.7 Å². The fourth-order valence-electron chi connectivity index (χ4n) is 3.93. The molecule has 0 fully saturated rings. The predicted octanol–water partition coefficient (Wildman–Crippen LogP) is 6.88. The second-order valence-corrected chi connectivity index (χ2v) is 9.96. The van der Waals surface area contributed by atoms with Crippen molar-refractivity contribution in [1.29, 1.82) is 5.26 Å². The van der Waals surface area contributed by atoms with E-state index in [1.54, 1.807) is 62.6 Å². The number of benzene rings is 3. The first-order valence-electron chi connectivity index (χ1n) is 11.9. The zero-order valence-electron chi connectivity index (χ0n) is 21.5. The minimum absolute atomic E-state index is 0.00419. The predicted molar refractivity (Wildman–Crippen MR) is 156 cm³/mol. The molecule has 0 radical (unpaired) electrons. The van der Waals surface area contributed by atoms with Gasteiger partial charge in [-0.2, -0.15) is 5.26 Å². The fraction of sp³-hybridized carbons (Fsp3) is 0.133. The van der Waals surface area contributed by atoms with Crippen molar-refractivity contribution >= 4 is 46.6 Å². The standard InChI is InChI=1S/C30H25ClN4O3S/c1-18-9-12-22(15-25(18)31)34-26(36)17-39-30-24(16-32)28(20-10-13-23(38-3)14-11-20)27(19(2)33-30)29(37)35-21-7-5-4-6-8-21/h4-15H,17H2,1-3H3,(H,34,36)(H,35,37). The molecule has 3 aromatic carbocycles. The van der Waals surface area contributed by atoms with Crippen molar-refractivity contribution < 1.29 is 14.3 Å². The number of aryl methyl sites for hydroxylation is 2. The third-order valence-electron chi connectivity index (χ3n) is 5.89. The first kappa shape index (κ1) is 27.7. The van der Waals surface area contributed by atoms with Crippen LogP contribution in [0.4, 0.5) is 11.4 Å². The molecular weight excluding hydrogens is 532 g/mol. The highest BCUT2D eigenvalue weighted by Gasteiger charge is 2.25. The van der Waals surface area contributed by atoms with Crippen LogP contribution >= 0.6 is 23.4 Å². The number of anilines is 2. The number of carbonyl (C=O) groups is 2. The Labute approximate surface area is 236 Å². The second-order valence-electron chi connectivity index (χ2n) is 8.59. The zero-order valence-corrected chi connectivity index (χ0v) is 23.1. The van der Waals surface area contributed by atoms with Crippen LogP contribution in [0.3, 0.4) is 0 Å². The van der Waals surface area contributed by atoms with Gasteiger partial charge in [0.2, 0.25) is 5.91 Å². The van der Waals surface area contributed by atoms with E-state index in [1.165, 1.54) is 0 Å². The molecule has 0 atom stereocenters. The van der Waals surface area contributed by atoms with Crippen LogP contribution in [0.25, 0.3) is 11.1 Å². The first-order chi connectivity index (χ1) is 18.8. The number of hydrogen-bond donors (Lipinski definition) is 2. The molecule has 7 nitrogen and oxygen atoms in total. The quantitative estimate of drug-likeness (QED) is 0.229. The van der Waals surface area contributed by atoms with Gasteiger partial charge < -0.3 is 15.4 Å². The number of pyridine rings is 1. The van der Waals surface area contributed by atoms with Crippen molar-refractivity contribution in [2.75, 3.05) is 23.5 Å². The SMILES string of the molecule is COc1ccc(-c2c(C#N)c(SCC(=O)Nc3ccc(C)c(Cl)c3)nc(C)c2C(=O)Nc2ccccc2)cc1. The number of hydrogen-bond acceptors (Lipinski definition) is 6. The Morgan fingerprint density at radius 3 is 2.36 bits per heavy atom. The Balaban J connectivity index is 1.70. The van der Waals surface area contributed by atoms with Crippen molar-refractivity contribution in [2.45, 2.75) is 18.9 Å². The summed E-state index contributed by atoms with van der Waals surface area (Å²) in [5.74, 6) is -0.0236. The average Bonchev–Trinajstić information content (AvgIpc) is 2.94. The molecule has 0 aliphatic carbocycles. The Morgan fingerprint density at radius 1 is 1.00 bits per heavy atom. The lowest BCUT2D eigenvalue weighted by Gasteiger charge is -2.17. The minimum Gasteiger partial charge on any atom is -0.497 e. The number of carbonyl (C=O) groups excluding carboxylic acids is 2. The monoisotopic (exact) mass is 556 g/mol. The van der Waals surface area contributed by atoms with Crippen LogP contribution in [0.1, 0.15) is 27.2 Å². The molecule has 2 N–H and O–H groups in total. The Morgan fingerprint density at radius 2 is 1.72 bits per heavy atom. The summed E-state index contributed by atoms with van der Waals surface area (Å²) in [6.07, 6.45) is 0. The molecule has 39 heavy (non-hydrogen) atoms. The molecule has 1 heterocycles. The molecule has 0 aliphatic heterocycles. The van der Waals surface area contributed by atoms with Gasteiger partial charge in [0, 0.05) is 22.0 Å². The number of amides is 2. The number of methoxy groups -OCH3 is 1. The van der Waals surface area contributed by atoms with Gasteiger partial charge in [-0.15, -0.1) is 0 Å². The number of ether oxygens (including phenoxy) is 1. The molecule has 1 aromatic heterocycles. The summed E-state index contributed by atoms with van der Waals surface area (Å²) >= 11 is 7.30. The second kappa shape index (κ2) is 12.5. The molecule has 0 aliphatic rings. The van der Waals surface area contributed by atoms with Gasteiger partial charge in [0.05, 0.1) is 29.7 Å². The number of nitrogens with zero attached hydrogens (tertiary/aromatic N) is 2. The van der Waals surface area contributed by atoms with E-state index in [1.807, 2.05) is 31.2 Å². The minimum atomic E-state index is -0.390. The number of nitrogens with one attached hydrogen (secondary N) is 2. The van der Waals surface area contributed by atoms with E-state index in [9.17, 15) is 14.9 Å². The van der Waals surface area contributed by atoms with E-state index < -0.39 is 0 Å². The van der Waals surface area contributed by atoms with Crippen LogP contribution in [0.2, 0.25) is 5.02 Å². The smallest absolute Gasteiger partial charge is 0.258 e. The van der Waals surface area contributed by atoms with E-state index in [4.69, 9.17) is 16.3 Å². The molecule has 4 rings (SSSR count). The summed E-state index contributed by atoms with van der Waals surface area (Å²) in [5.41, 5.74) is 4.11. The third kappa shape index (κ3) is 6.58. The molecule has 0 spiro atoms. The lowest BCUT2D eigenvalue weighted by molar-refractivity contribution is -0.113. The summed E-state index contributed by atoms with van der Waals surface area (Å²) in [4.78, 5) is 30.8. The number of para-hydroxylation sites is 1. The van der Waals surface area contributed by atoms with Crippen LogP contribution in [0.15, 0.2) is 77.8 Å². The molecule has 0 saturated carbocycles. The molecule has 0 bridgehead atoms. The third-order valence-corrected chi connectivity index (χ3v) is 7.27. The van der Waals surface area contributed by atoms with Crippen LogP contribution in [-0.4, -0.2) is 29.7 Å². The molecule has 196 valence electrons.